The molecule has 5 heteroatoms. The van der Waals surface area contributed by atoms with E-state index in [1.165, 1.54) is 6.07 Å². The third kappa shape index (κ3) is 3.59. The molecule has 0 spiro atoms. The van der Waals surface area contributed by atoms with E-state index in [2.05, 4.69) is 6.92 Å². The molecule has 2 atom stereocenters. The minimum Gasteiger partial charge on any atom is -0.497 e. The summed E-state index contributed by atoms with van der Waals surface area (Å²) in [7, 11) is 1.56. The van der Waals surface area contributed by atoms with Gasteiger partial charge in [-0.3, -0.25) is 4.90 Å². The van der Waals surface area contributed by atoms with Gasteiger partial charge in [0.1, 0.15) is 11.6 Å². The lowest BCUT2D eigenvalue weighted by Crippen LogP contribution is -2.52. The van der Waals surface area contributed by atoms with Crippen molar-refractivity contribution in [3.05, 3.63) is 29.6 Å². The highest BCUT2D eigenvalue weighted by Crippen LogP contribution is 2.36. The monoisotopic (exact) mass is 311 g/mol. The molecule has 124 valence electrons. The van der Waals surface area contributed by atoms with Gasteiger partial charge in [-0.2, -0.15) is 0 Å². The van der Waals surface area contributed by atoms with Crippen molar-refractivity contribution in [1.29, 1.82) is 0 Å². The van der Waals surface area contributed by atoms with Gasteiger partial charge in [-0.1, -0.05) is 13.3 Å². The maximum Gasteiger partial charge on any atom is 0.127 e. The number of rotatable bonds is 6. The van der Waals surface area contributed by atoms with Crippen molar-refractivity contribution >= 4 is 0 Å². The SMILES string of the molecule is CCC[C@]1(CO)CCN(Cc2cc(OC)ccc2F)C[C@H]1O. The number of ether oxygens (including phenoxy) is 1. The molecule has 1 aromatic carbocycles. The molecule has 1 aliphatic heterocycles. The number of aliphatic hydroxyl groups is 2. The molecule has 1 saturated heterocycles. The number of methoxy groups -OCH3 is 1. The van der Waals surface area contributed by atoms with Crippen LogP contribution in [-0.4, -0.2) is 48.0 Å². The van der Waals surface area contributed by atoms with E-state index in [9.17, 15) is 14.6 Å². The smallest absolute Gasteiger partial charge is 0.127 e. The second kappa shape index (κ2) is 7.40. The lowest BCUT2D eigenvalue weighted by Gasteiger charge is -2.44. The van der Waals surface area contributed by atoms with Crippen molar-refractivity contribution in [3.63, 3.8) is 0 Å². The third-order valence-corrected chi connectivity index (χ3v) is 4.77. The fraction of sp³-hybridized carbons (Fsp3) is 0.647. The molecule has 1 aliphatic rings. The second-order valence-corrected chi connectivity index (χ2v) is 6.23. The molecule has 0 bridgehead atoms. The maximum atomic E-state index is 13.9. The van der Waals surface area contributed by atoms with Gasteiger partial charge in [-0.25, -0.2) is 4.39 Å². The maximum absolute atomic E-state index is 13.9. The van der Waals surface area contributed by atoms with Crippen molar-refractivity contribution < 1.29 is 19.3 Å². The number of piperidine rings is 1. The fourth-order valence-corrected chi connectivity index (χ4v) is 3.31. The molecule has 0 aliphatic carbocycles. The van der Waals surface area contributed by atoms with Crippen LogP contribution in [0.5, 0.6) is 5.75 Å². The number of aliphatic hydroxyl groups excluding tert-OH is 2. The van der Waals surface area contributed by atoms with E-state index in [0.717, 1.165) is 25.8 Å². The highest BCUT2D eigenvalue weighted by molar-refractivity contribution is 5.29. The first-order valence-corrected chi connectivity index (χ1v) is 7.88. The minimum absolute atomic E-state index is 0.00334. The molecule has 1 heterocycles. The van der Waals surface area contributed by atoms with Crippen molar-refractivity contribution in [3.8, 4) is 5.75 Å². The first-order valence-electron chi connectivity index (χ1n) is 7.88. The van der Waals surface area contributed by atoms with E-state index >= 15 is 0 Å². The van der Waals surface area contributed by atoms with Gasteiger partial charge in [0.05, 0.1) is 19.8 Å². The zero-order valence-corrected chi connectivity index (χ0v) is 13.4. The van der Waals surface area contributed by atoms with E-state index < -0.39 is 11.5 Å². The first-order chi connectivity index (χ1) is 10.5. The lowest BCUT2D eigenvalue weighted by molar-refractivity contribution is -0.0804. The summed E-state index contributed by atoms with van der Waals surface area (Å²) in [6.07, 6.45) is 1.89. The van der Waals surface area contributed by atoms with Crippen LogP contribution in [-0.2, 0) is 6.54 Å². The van der Waals surface area contributed by atoms with Crippen LogP contribution in [0.2, 0.25) is 0 Å². The predicted molar refractivity (Wildman–Crippen MR) is 83.3 cm³/mol. The van der Waals surface area contributed by atoms with Gasteiger partial charge >= 0.3 is 0 Å². The Bertz CT molecular complexity index is 497. The van der Waals surface area contributed by atoms with Crippen LogP contribution in [0.3, 0.4) is 0 Å². The fourth-order valence-electron chi connectivity index (χ4n) is 3.31. The number of β-amino-alcohol motifs (C(OH)–C–C–N with tert-alkyl or cyclic N) is 1. The van der Waals surface area contributed by atoms with Crippen molar-refractivity contribution in [2.45, 2.75) is 38.8 Å². The van der Waals surface area contributed by atoms with Crippen LogP contribution in [0, 0.1) is 11.2 Å². The molecule has 0 amide bonds. The molecule has 0 radical (unpaired) electrons. The van der Waals surface area contributed by atoms with E-state index in [4.69, 9.17) is 4.74 Å². The summed E-state index contributed by atoms with van der Waals surface area (Å²) in [6.45, 7) is 3.70. The molecule has 0 saturated carbocycles. The summed E-state index contributed by atoms with van der Waals surface area (Å²) >= 11 is 0. The molecule has 1 aromatic rings. The largest absolute Gasteiger partial charge is 0.497 e. The van der Waals surface area contributed by atoms with Crippen molar-refractivity contribution in [1.82, 2.24) is 4.90 Å². The Morgan fingerprint density at radius 3 is 2.82 bits per heavy atom. The summed E-state index contributed by atoms with van der Waals surface area (Å²) in [4.78, 5) is 2.03. The molecule has 0 unspecified atom stereocenters. The zero-order chi connectivity index (χ0) is 16.2. The van der Waals surface area contributed by atoms with Crippen LogP contribution < -0.4 is 4.74 Å². The average Bonchev–Trinajstić information content (AvgIpc) is 2.52. The summed E-state index contributed by atoms with van der Waals surface area (Å²) in [5.41, 5.74) is 0.164. The van der Waals surface area contributed by atoms with Gasteiger partial charge in [0.15, 0.2) is 0 Å². The molecule has 2 rings (SSSR count). The van der Waals surface area contributed by atoms with Crippen LogP contribution in [0.4, 0.5) is 4.39 Å². The Morgan fingerprint density at radius 2 is 2.23 bits per heavy atom. The number of likely N-dealkylation sites (tertiary alicyclic amines) is 1. The second-order valence-electron chi connectivity index (χ2n) is 6.23. The first kappa shape index (κ1) is 17.2. The van der Waals surface area contributed by atoms with E-state index in [-0.39, 0.29) is 12.4 Å². The molecular weight excluding hydrogens is 285 g/mol. The Morgan fingerprint density at radius 1 is 1.45 bits per heavy atom. The van der Waals surface area contributed by atoms with Gasteiger partial charge in [0, 0.05) is 24.1 Å². The molecule has 0 aromatic heterocycles. The van der Waals surface area contributed by atoms with Gasteiger partial charge in [-0.05, 0) is 37.6 Å². The van der Waals surface area contributed by atoms with Gasteiger partial charge < -0.3 is 14.9 Å². The molecular formula is C17H26FNO3. The quantitative estimate of drug-likeness (QED) is 0.845. The molecule has 4 nitrogen and oxygen atoms in total. The van der Waals surface area contributed by atoms with E-state index in [1.54, 1.807) is 19.2 Å². The number of nitrogens with zero attached hydrogens (tertiary/aromatic N) is 1. The number of hydrogen-bond donors (Lipinski definition) is 2. The third-order valence-electron chi connectivity index (χ3n) is 4.77. The number of benzene rings is 1. The topological polar surface area (TPSA) is 52.9 Å². The molecule has 22 heavy (non-hydrogen) atoms. The summed E-state index contributed by atoms with van der Waals surface area (Å²) in [6, 6.07) is 4.70. The molecule has 1 fully saturated rings. The zero-order valence-electron chi connectivity index (χ0n) is 13.4. The van der Waals surface area contributed by atoms with E-state index in [0.29, 0.717) is 24.4 Å². The summed E-state index contributed by atoms with van der Waals surface area (Å²) in [5, 5.41) is 20.1. The highest BCUT2D eigenvalue weighted by atomic mass is 19.1. The van der Waals surface area contributed by atoms with Crippen molar-refractivity contribution in [2.24, 2.45) is 5.41 Å². The van der Waals surface area contributed by atoms with E-state index in [1.807, 2.05) is 4.90 Å². The minimum atomic E-state index is -0.583. The van der Waals surface area contributed by atoms with Crippen LogP contribution in [0.25, 0.3) is 0 Å². The van der Waals surface area contributed by atoms with Crippen LogP contribution in [0.1, 0.15) is 31.7 Å². The Balaban J connectivity index is 2.05. The van der Waals surface area contributed by atoms with Gasteiger partial charge in [0.25, 0.3) is 0 Å². The number of halogens is 1. The molecule has 2 N–H and O–H groups in total. The van der Waals surface area contributed by atoms with Gasteiger partial charge in [-0.15, -0.1) is 0 Å². The number of hydrogen-bond acceptors (Lipinski definition) is 4. The highest BCUT2D eigenvalue weighted by Gasteiger charge is 2.41. The summed E-state index contributed by atoms with van der Waals surface area (Å²) in [5.74, 6) is 0.368. The van der Waals surface area contributed by atoms with Crippen molar-refractivity contribution in [2.75, 3.05) is 26.8 Å². The Labute approximate surface area is 131 Å². The lowest BCUT2D eigenvalue weighted by atomic mass is 9.73. The normalized spacial score (nSPS) is 26.1. The Hall–Kier alpha value is -1.17. The van der Waals surface area contributed by atoms with Crippen LogP contribution >= 0.6 is 0 Å². The average molecular weight is 311 g/mol. The van der Waals surface area contributed by atoms with Gasteiger partial charge in [0.2, 0.25) is 0 Å². The Kier molecular flexibility index (Phi) is 5.78. The predicted octanol–water partition coefficient (Wildman–Crippen LogP) is 2.18. The summed E-state index contributed by atoms with van der Waals surface area (Å²) < 4.78 is 19.0. The van der Waals surface area contributed by atoms with Crippen LogP contribution in [0.15, 0.2) is 18.2 Å². The standard InChI is InChI=1S/C17H26FNO3/c1-3-6-17(12-20)7-8-19(11-16(17)21)10-13-9-14(22-2)4-5-15(13)18/h4-5,9,16,20-21H,3,6-8,10-12H2,1-2H3/t16-,17-/m1/s1.